The molecule has 16 heavy (non-hydrogen) atoms. The van der Waals surface area contributed by atoms with Crippen LogP contribution in [-0.4, -0.2) is 6.61 Å². The molecular weight excluding hydrogens is 205 g/mol. The molecule has 88 valence electrons. The molecule has 0 spiro atoms. The van der Waals surface area contributed by atoms with Gasteiger partial charge in [0.05, 0.1) is 6.61 Å². The van der Waals surface area contributed by atoms with Crippen molar-refractivity contribution in [1.82, 2.24) is 0 Å². The van der Waals surface area contributed by atoms with Gasteiger partial charge in [-0.2, -0.15) is 0 Å². The fourth-order valence-electron chi connectivity index (χ4n) is 1.72. The van der Waals surface area contributed by atoms with Crippen LogP contribution >= 0.6 is 0 Å². The molecule has 2 nitrogen and oxygen atoms in total. The van der Waals surface area contributed by atoms with Crippen LogP contribution in [0.25, 0.3) is 0 Å². The molecule has 1 aliphatic carbocycles. The third kappa shape index (κ3) is 2.95. The second-order valence-corrected chi connectivity index (χ2v) is 4.55. The van der Waals surface area contributed by atoms with E-state index < -0.39 is 0 Å². The molecule has 0 saturated heterocycles. The maximum absolute atomic E-state index is 13.5. The molecule has 1 aliphatic rings. The van der Waals surface area contributed by atoms with Gasteiger partial charge in [-0.3, -0.25) is 0 Å². The Morgan fingerprint density at radius 1 is 1.50 bits per heavy atom. The number of hydrogen-bond acceptors (Lipinski definition) is 2. The Hall–Kier alpha value is -1.09. The normalized spacial score (nSPS) is 17.2. The van der Waals surface area contributed by atoms with Gasteiger partial charge in [0.25, 0.3) is 0 Å². The molecule has 0 aromatic heterocycles. The Bertz CT molecular complexity index is 361. The van der Waals surface area contributed by atoms with Crippen LogP contribution in [0.15, 0.2) is 18.2 Å². The molecule has 0 aliphatic heterocycles. The molecule has 1 aromatic rings. The van der Waals surface area contributed by atoms with Gasteiger partial charge < -0.3 is 10.5 Å². The Labute approximate surface area is 95.6 Å². The quantitative estimate of drug-likeness (QED) is 0.832. The minimum Gasteiger partial charge on any atom is -0.493 e. The van der Waals surface area contributed by atoms with Crippen molar-refractivity contribution >= 4 is 0 Å². The van der Waals surface area contributed by atoms with Gasteiger partial charge >= 0.3 is 0 Å². The number of benzene rings is 1. The van der Waals surface area contributed by atoms with E-state index in [1.165, 1.54) is 18.9 Å². The minimum atomic E-state index is -0.279. The average Bonchev–Trinajstić information content (AvgIpc) is 3.01. The van der Waals surface area contributed by atoms with Crippen LogP contribution < -0.4 is 10.5 Å². The lowest BCUT2D eigenvalue weighted by Gasteiger charge is -2.10. The molecule has 1 fully saturated rings. The van der Waals surface area contributed by atoms with Crippen molar-refractivity contribution < 1.29 is 9.13 Å². The Morgan fingerprint density at radius 2 is 2.25 bits per heavy atom. The molecule has 0 bridgehead atoms. The van der Waals surface area contributed by atoms with E-state index in [0.717, 1.165) is 12.3 Å². The lowest BCUT2D eigenvalue weighted by Crippen LogP contribution is -2.07. The zero-order chi connectivity index (χ0) is 11.5. The van der Waals surface area contributed by atoms with E-state index in [4.69, 9.17) is 10.5 Å². The van der Waals surface area contributed by atoms with Crippen LogP contribution in [0.2, 0.25) is 0 Å². The standard InChI is InChI=1S/C13H18FNO/c1-9(15)12-5-4-11(8-13(12)14)16-7-6-10-2-3-10/h4-5,8-10H,2-3,6-7,15H2,1H3. The van der Waals surface area contributed by atoms with E-state index in [2.05, 4.69) is 0 Å². The first-order valence-corrected chi connectivity index (χ1v) is 5.84. The monoisotopic (exact) mass is 223 g/mol. The molecule has 1 aromatic carbocycles. The van der Waals surface area contributed by atoms with Gasteiger partial charge in [0, 0.05) is 17.7 Å². The van der Waals surface area contributed by atoms with E-state index in [-0.39, 0.29) is 11.9 Å². The predicted octanol–water partition coefficient (Wildman–Crippen LogP) is 3.02. The zero-order valence-electron chi connectivity index (χ0n) is 9.58. The van der Waals surface area contributed by atoms with Crippen molar-refractivity contribution in [3.8, 4) is 5.75 Å². The maximum atomic E-state index is 13.5. The van der Waals surface area contributed by atoms with Crippen molar-refractivity contribution in [2.45, 2.75) is 32.2 Å². The first kappa shape index (κ1) is 11.4. The van der Waals surface area contributed by atoms with Gasteiger partial charge in [-0.05, 0) is 25.3 Å². The summed E-state index contributed by atoms with van der Waals surface area (Å²) in [4.78, 5) is 0. The topological polar surface area (TPSA) is 35.2 Å². The van der Waals surface area contributed by atoms with Crippen LogP contribution in [0, 0.1) is 11.7 Å². The smallest absolute Gasteiger partial charge is 0.131 e. The summed E-state index contributed by atoms with van der Waals surface area (Å²) in [5, 5.41) is 0. The first-order valence-electron chi connectivity index (χ1n) is 5.84. The number of nitrogens with two attached hydrogens (primary N) is 1. The lowest BCUT2D eigenvalue weighted by molar-refractivity contribution is 0.301. The summed E-state index contributed by atoms with van der Waals surface area (Å²) in [6, 6.07) is 4.63. The van der Waals surface area contributed by atoms with Gasteiger partial charge in [-0.15, -0.1) is 0 Å². The summed E-state index contributed by atoms with van der Waals surface area (Å²) >= 11 is 0. The third-order valence-corrected chi connectivity index (χ3v) is 2.95. The Morgan fingerprint density at radius 3 is 2.81 bits per heavy atom. The molecule has 1 saturated carbocycles. The van der Waals surface area contributed by atoms with Gasteiger partial charge in [-0.1, -0.05) is 18.9 Å². The van der Waals surface area contributed by atoms with Crippen LogP contribution in [0.1, 0.15) is 37.8 Å². The fraction of sp³-hybridized carbons (Fsp3) is 0.538. The van der Waals surface area contributed by atoms with Crippen molar-refractivity contribution in [2.75, 3.05) is 6.61 Å². The van der Waals surface area contributed by atoms with Crippen molar-refractivity contribution in [3.05, 3.63) is 29.6 Å². The molecule has 2 rings (SSSR count). The van der Waals surface area contributed by atoms with E-state index in [1.807, 2.05) is 0 Å². The first-order chi connectivity index (χ1) is 7.66. The van der Waals surface area contributed by atoms with E-state index >= 15 is 0 Å². The molecule has 1 unspecified atom stereocenters. The zero-order valence-corrected chi connectivity index (χ0v) is 9.58. The summed E-state index contributed by atoms with van der Waals surface area (Å²) < 4.78 is 19.0. The number of hydrogen-bond donors (Lipinski definition) is 1. The minimum absolute atomic E-state index is 0.277. The van der Waals surface area contributed by atoms with E-state index in [1.54, 1.807) is 19.1 Å². The van der Waals surface area contributed by atoms with Crippen LogP contribution in [0.4, 0.5) is 4.39 Å². The van der Waals surface area contributed by atoms with E-state index in [9.17, 15) is 4.39 Å². The van der Waals surface area contributed by atoms with E-state index in [0.29, 0.717) is 17.9 Å². The fourth-order valence-corrected chi connectivity index (χ4v) is 1.72. The molecule has 3 heteroatoms. The third-order valence-electron chi connectivity index (χ3n) is 2.95. The molecule has 0 heterocycles. The molecule has 0 radical (unpaired) electrons. The highest BCUT2D eigenvalue weighted by Gasteiger charge is 2.20. The second-order valence-electron chi connectivity index (χ2n) is 4.55. The SMILES string of the molecule is CC(N)c1ccc(OCCC2CC2)cc1F. The van der Waals surface area contributed by atoms with Gasteiger partial charge in [0.1, 0.15) is 11.6 Å². The summed E-state index contributed by atoms with van der Waals surface area (Å²) in [6.07, 6.45) is 3.72. The molecule has 0 amide bonds. The predicted molar refractivity (Wildman–Crippen MR) is 61.8 cm³/mol. The maximum Gasteiger partial charge on any atom is 0.131 e. The van der Waals surface area contributed by atoms with Crippen LogP contribution in [-0.2, 0) is 0 Å². The lowest BCUT2D eigenvalue weighted by atomic mass is 10.1. The second kappa shape index (κ2) is 4.83. The van der Waals surface area contributed by atoms with Crippen LogP contribution in [0.5, 0.6) is 5.75 Å². The molecular formula is C13H18FNO. The van der Waals surface area contributed by atoms with Crippen molar-refractivity contribution in [1.29, 1.82) is 0 Å². The van der Waals surface area contributed by atoms with Gasteiger partial charge in [0.2, 0.25) is 0 Å². The summed E-state index contributed by atoms with van der Waals surface area (Å²) in [5.41, 5.74) is 6.17. The molecule has 1 atom stereocenters. The number of halogens is 1. The van der Waals surface area contributed by atoms with Crippen molar-refractivity contribution in [2.24, 2.45) is 11.7 Å². The molecule has 2 N–H and O–H groups in total. The Balaban J connectivity index is 1.91. The average molecular weight is 223 g/mol. The van der Waals surface area contributed by atoms with Gasteiger partial charge in [-0.25, -0.2) is 4.39 Å². The van der Waals surface area contributed by atoms with Gasteiger partial charge in [0.15, 0.2) is 0 Å². The highest BCUT2D eigenvalue weighted by atomic mass is 19.1. The van der Waals surface area contributed by atoms with Crippen molar-refractivity contribution in [3.63, 3.8) is 0 Å². The Kier molecular flexibility index (Phi) is 3.44. The highest BCUT2D eigenvalue weighted by molar-refractivity contribution is 5.30. The van der Waals surface area contributed by atoms with Crippen LogP contribution in [0.3, 0.4) is 0 Å². The largest absolute Gasteiger partial charge is 0.493 e. The highest BCUT2D eigenvalue weighted by Crippen LogP contribution is 2.32. The number of ether oxygens (including phenoxy) is 1. The summed E-state index contributed by atoms with van der Waals surface area (Å²) in [6.45, 7) is 2.45. The number of rotatable bonds is 5. The summed E-state index contributed by atoms with van der Waals surface area (Å²) in [5.74, 6) is 1.16. The summed E-state index contributed by atoms with van der Waals surface area (Å²) in [7, 11) is 0.